The summed E-state index contributed by atoms with van der Waals surface area (Å²) in [6.45, 7) is 0.575. The lowest BCUT2D eigenvalue weighted by molar-refractivity contribution is 0.237. The van der Waals surface area contributed by atoms with Crippen molar-refractivity contribution in [3.8, 4) is 0 Å². The fourth-order valence-corrected chi connectivity index (χ4v) is 3.51. The number of amides is 2. The number of nitrogens with two attached hydrogens (primary N) is 1. The van der Waals surface area contributed by atoms with Crippen LogP contribution in [0.1, 0.15) is 23.1 Å². The Bertz CT molecular complexity index is 720. The number of carbonyl (C=O) groups is 1. The lowest BCUT2D eigenvalue weighted by atomic mass is 10.0. The largest absolute Gasteiger partial charge is 0.338 e. The molecular formula is C20H24ClN3O. The van der Waals surface area contributed by atoms with E-state index in [0.717, 1.165) is 30.7 Å². The van der Waals surface area contributed by atoms with Crippen molar-refractivity contribution in [1.82, 2.24) is 10.6 Å². The topological polar surface area (TPSA) is 67.1 Å². The molecule has 0 bridgehead atoms. The van der Waals surface area contributed by atoms with Crippen molar-refractivity contribution in [1.29, 1.82) is 0 Å². The number of rotatable bonds is 6. The van der Waals surface area contributed by atoms with E-state index in [1.807, 2.05) is 36.4 Å². The van der Waals surface area contributed by atoms with E-state index in [0.29, 0.717) is 6.54 Å². The maximum Gasteiger partial charge on any atom is 0.315 e. The fraction of sp³-hybridized carbons (Fsp3) is 0.350. The molecule has 2 atom stereocenters. The highest BCUT2D eigenvalue weighted by atomic mass is 35.5. The quantitative estimate of drug-likeness (QED) is 0.743. The third-order valence-electron chi connectivity index (χ3n) is 4.58. The van der Waals surface area contributed by atoms with Crippen LogP contribution in [0.15, 0.2) is 48.5 Å². The molecule has 5 heteroatoms. The first-order chi connectivity index (χ1) is 12.1. The van der Waals surface area contributed by atoms with Crippen molar-refractivity contribution in [2.24, 2.45) is 5.73 Å². The van der Waals surface area contributed by atoms with Gasteiger partial charge in [-0.3, -0.25) is 0 Å². The summed E-state index contributed by atoms with van der Waals surface area (Å²) in [4.78, 5) is 12.1. The summed E-state index contributed by atoms with van der Waals surface area (Å²) in [6.07, 6.45) is 3.26. The van der Waals surface area contributed by atoms with Crippen LogP contribution in [-0.2, 0) is 19.3 Å². The summed E-state index contributed by atoms with van der Waals surface area (Å²) in [5.74, 6) is 0. The molecule has 132 valence electrons. The van der Waals surface area contributed by atoms with Crippen LogP contribution >= 0.6 is 11.6 Å². The van der Waals surface area contributed by atoms with Crippen LogP contribution in [0.5, 0.6) is 0 Å². The maximum atomic E-state index is 12.1. The van der Waals surface area contributed by atoms with E-state index < -0.39 is 0 Å². The zero-order valence-electron chi connectivity index (χ0n) is 14.2. The van der Waals surface area contributed by atoms with E-state index in [1.54, 1.807) is 0 Å². The number of benzene rings is 2. The monoisotopic (exact) mass is 357 g/mol. The lowest BCUT2D eigenvalue weighted by Gasteiger charge is -2.15. The molecule has 4 N–H and O–H groups in total. The Morgan fingerprint density at radius 2 is 1.92 bits per heavy atom. The van der Waals surface area contributed by atoms with Crippen molar-refractivity contribution in [2.75, 3.05) is 6.54 Å². The van der Waals surface area contributed by atoms with Crippen molar-refractivity contribution < 1.29 is 4.79 Å². The second-order valence-corrected chi connectivity index (χ2v) is 7.09. The normalized spacial score (nSPS) is 17.0. The minimum atomic E-state index is -0.129. The van der Waals surface area contributed by atoms with Crippen LogP contribution in [0.2, 0.25) is 5.02 Å². The number of hydrogen-bond acceptors (Lipinski definition) is 2. The summed E-state index contributed by atoms with van der Waals surface area (Å²) in [5, 5.41) is 6.69. The van der Waals surface area contributed by atoms with Gasteiger partial charge in [0.05, 0.1) is 0 Å². The van der Waals surface area contributed by atoms with Gasteiger partial charge in [-0.1, -0.05) is 48.0 Å². The second-order valence-electron chi connectivity index (χ2n) is 6.66. The molecule has 4 nitrogen and oxygen atoms in total. The first kappa shape index (κ1) is 17.8. The average Bonchev–Trinajstić information content (AvgIpc) is 2.96. The molecule has 2 aromatic rings. The molecule has 0 heterocycles. The highest BCUT2D eigenvalue weighted by Gasteiger charge is 2.22. The molecule has 0 saturated heterocycles. The molecule has 0 aliphatic heterocycles. The molecule has 1 aliphatic carbocycles. The van der Waals surface area contributed by atoms with Crippen LogP contribution in [0.4, 0.5) is 4.79 Å². The fourth-order valence-electron chi connectivity index (χ4n) is 3.32. The van der Waals surface area contributed by atoms with E-state index in [4.69, 9.17) is 17.3 Å². The van der Waals surface area contributed by atoms with Gasteiger partial charge < -0.3 is 16.4 Å². The zero-order valence-corrected chi connectivity index (χ0v) is 14.9. The molecule has 0 spiro atoms. The van der Waals surface area contributed by atoms with Gasteiger partial charge in [-0.2, -0.15) is 0 Å². The Hall–Kier alpha value is -2.04. The van der Waals surface area contributed by atoms with Gasteiger partial charge in [0.15, 0.2) is 0 Å². The van der Waals surface area contributed by atoms with Gasteiger partial charge in [0.1, 0.15) is 0 Å². The summed E-state index contributed by atoms with van der Waals surface area (Å²) < 4.78 is 0. The molecule has 3 rings (SSSR count). The minimum Gasteiger partial charge on any atom is -0.338 e. The highest BCUT2D eigenvalue weighted by Crippen LogP contribution is 2.25. The van der Waals surface area contributed by atoms with E-state index in [-0.39, 0.29) is 18.1 Å². The van der Waals surface area contributed by atoms with Crippen molar-refractivity contribution in [3.63, 3.8) is 0 Å². The summed E-state index contributed by atoms with van der Waals surface area (Å²) in [5.41, 5.74) is 9.86. The third-order valence-corrected chi connectivity index (χ3v) is 4.81. The molecule has 0 radical (unpaired) electrons. The van der Waals surface area contributed by atoms with Gasteiger partial charge in [-0.05, 0) is 54.5 Å². The van der Waals surface area contributed by atoms with Crippen molar-refractivity contribution >= 4 is 17.6 Å². The molecule has 0 fully saturated rings. The number of urea groups is 1. The smallest absolute Gasteiger partial charge is 0.315 e. The predicted molar refractivity (Wildman–Crippen MR) is 102 cm³/mol. The molecule has 0 saturated carbocycles. The summed E-state index contributed by atoms with van der Waals surface area (Å²) >= 11 is 6.02. The number of carbonyl (C=O) groups excluding carboxylic acids is 1. The zero-order chi connectivity index (χ0) is 17.6. The van der Waals surface area contributed by atoms with E-state index in [2.05, 4.69) is 22.8 Å². The number of hydrogen-bond donors (Lipinski definition) is 3. The van der Waals surface area contributed by atoms with Gasteiger partial charge in [-0.15, -0.1) is 0 Å². The summed E-state index contributed by atoms with van der Waals surface area (Å²) in [7, 11) is 0. The maximum absolute atomic E-state index is 12.1. The number of halogens is 1. The average molecular weight is 358 g/mol. The lowest BCUT2D eigenvalue weighted by Crippen LogP contribution is -2.43. The van der Waals surface area contributed by atoms with E-state index >= 15 is 0 Å². The Labute approximate surface area is 153 Å². The molecular weight excluding hydrogens is 334 g/mol. The van der Waals surface area contributed by atoms with Gasteiger partial charge in [0.2, 0.25) is 0 Å². The van der Waals surface area contributed by atoms with Gasteiger partial charge >= 0.3 is 6.03 Å². The van der Waals surface area contributed by atoms with Crippen molar-refractivity contribution in [2.45, 2.75) is 37.8 Å². The third kappa shape index (κ3) is 5.21. The number of nitrogens with one attached hydrogen (secondary N) is 2. The minimum absolute atomic E-state index is 0.0422. The van der Waals surface area contributed by atoms with Crippen LogP contribution in [0.25, 0.3) is 0 Å². The molecule has 1 aliphatic rings. The first-order valence-corrected chi connectivity index (χ1v) is 9.09. The van der Waals surface area contributed by atoms with Crippen LogP contribution < -0.4 is 16.4 Å². The standard InChI is InChI=1S/C20H24ClN3O/c21-17-7-6-15-12-19(13-16(15)11-17)24-20(25)23-9-8-18(22)10-14-4-2-1-3-5-14/h1-7,11,18-19H,8-10,12-13,22H2,(H2,23,24,25). The predicted octanol–water partition coefficient (Wildman–Crippen LogP) is 3.07. The number of fused-ring (bicyclic) bond motifs is 1. The Balaban J connectivity index is 1.36. The Morgan fingerprint density at radius 1 is 1.16 bits per heavy atom. The first-order valence-electron chi connectivity index (χ1n) is 8.71. The summed E-state index contributed by atoms with van der Waals surface area (Å²) in [6, 6.07) is 16.1. The van der Waals surface area contributed by atoms with Gasteiger partial charge in [0, 0.05) is 23.7 Å². The molecule has 2 amide bonds. The Kier molecular flexibility index (Phi) is 5.95. The highest BCUT2D eigenvalue weighted by molar-refractivity contribution is 6.30. The van der Waals surface area contributed by atoms with Crippen LogP contribution in [0, 0.1) is 0 Å². The van der Waals surface area contributed by atoms with Gasteiger partial charge in [0.25, 0.3) is 0 Å². The molecule has 25 heavy (non-hydrogen) atoms. The SMILES string of the molecule is NC(CCNC(=O)NC1Cc2ccc(Cl)cc2C1)Cc1ccccc1. The molecule has 2 unspecified atom stereocenters. The van der Waals surface area contributed by atoms with Gasteiger partial charge in [-0.25, -0.2) is 4.79 Å². The van der Waals surface area contributed by atoms with Crippen molar-refractivity contribution in [3.05, 3.63) is 70.2 Å². The van der Waals surface area contributed by atoms with E-state index in [9.17, 15) is 4.79 Å². The molecule has 0 aromatic heterocycles. The van der Waals surface area contributed by atoms with E-state index in [1.165, 1.54) is 16.7 Å². The second kappa shape index (κ2) is 8.37. The van der Waals surface area contributed by atoms with Crippen LogP contribution in [-0.4, -0.2) is 24.7 Å². The van der Waals surface area contributed by atoms with Crippen LogP contribution in [0.3, 0.4) is 0 Å². The Morgan fingerprint density at radius 3 is 2.72 bits per heavy atom. The molecule has 2 aromatic carbocycles.